The number of unbranched alkanes of at least 4 members (excludes halogenated alkanes) is 3. The van der Waals surface area contributed by atoms with E-state index in [4.69, 9.17) is 9.47 Å². The number of hydrogen-bond donors (Lipinski definition) is 1. The van der Waals surface area contributed by atoms with Gasteiger partial charge >= 0.3 is 5.97 Å². The Bertz CT molecular complexity index is 1100. The molecule has 0 saturated heterocycles. The van der Waals surface area contributed by atoms with E-state index >= 15 is 0 Å². The number of carbonyl (C=O) groups is 1. The van der Waals surface area contributed by atoms with Crippen LogP contribution in [-0.4, -0.2) is 35.4 Å². The molecule has 1 aromatic heterocycles. The molecule has 0 aliphatic carbocycles. The van der Waals surface area contributed by atoms with Crippen LogP contribution in [-0.2, 0) is 11.2 Å². The molecule has 0 amide bonds. The second-order valence-corrected chi connectivity index (χ2v) is 9.74. The van der Waals surface area contributed by atoms with E-state index in [1.54, 1.807) is 19.2 Å². The molecule has 2 heterocycles. The van der Waals surface area contributed by atoms with E-state index in [1.165, 1.54) is 6.07 Å². The molecule has 8 nitrogen and oxygen atoms in total. The first-order chi connectivity index (χ1) is 16.2. The SMILES string of the molecule is CCOC(=O)c1cn2c(cc1=O)-c1cc(O)c(OCCCCCCN=O)cc1CC2C(C)(C)C. The first-order valence-electron chi connectivity index (χ1n) is 11.9. The molecule has 0 spiro atoms. The van der Waals surface area contributed by atoms with Gasteiger partial charge in [-0.05, 0) is 55.7 Å². The average Bonchev–Trinajstić information content (AvgIpc) is 2.77. The minimum Gasteiger partial charge on any atom is -0.504 e. The van der Waals surface area contributed by atoms with Crippen molar-refractivity contribution in [3.63, 3.8) is 0 Å². The van der Waals surface area contributed by atoms with Crippen molar-refractivity contribution in [2.75, 3.05) is 19.8 Å². The molecule has 34 heavy (non-hydrogen) atoms. The van der Waals surface area contributed by atoms with Gasteiger partial charge in [-0.2, -0.15) is 4.91 Å². The Hall–Kier alpha value is -3.16. The fourth-order valence-corrected chi connectivity index (χ4v) is 4.36. The number of phenols is 1. The van der Waals surface area contributed by atoms with Crippen LogP contribution in [0, 0.1) is 10.3 Å². The van der Waals surface area contributed by atoms with Gasteiger partial charge in [0.2, 0.25) is 0 Å². The van der Waals surface area contributed by atoms with E-state index in [-0.39, 0.29) is 29.4 Å². The summed E-state index contributed by atoms with van der Waals surface area (Å²) in [6, 6.07) is 4.92. The summed E-state index contributed by atoms with van der Waals surface area (Å²) in [5, 5.41) is 13.5. The number of ether oxygens (including phenoxy) is 2. The van der Waals surface area contributed by atoms with Crippen LogP contribution in [0.2, 0.25) is 0 Å². The normalized spacial score (nSPS) is 14.8. The molecular formula is C26H34N2O6. The third kappa shape index (κ3) is 5.66. The van der Waals surface area contributed by atoms with E-state index in [1.807, 2.05) is 10.6 Å². The highest BCUT2D eigenvalue weighted by Gasteiger charge is 2.34. The Morgan fingerprint density at radius 2 is 1.91 bits per heavy atom. The van der Waals surface area contributed by atoms with Gasteiger partial charge in [0.25, 0.3) is 0 Å². The van der Waals surface area contributed by atoms with Gasteiger partial charge in [-0.25, -0.2) is 4.79 Å². The molecule has 1 aliphatic heterocycles. The number of aromatic nitrogens is 1. The number of carbonyl (C=O) groups excluding carboxylic acids is 1. The number of fused-ring (bicyclic) bond motifs is 3. The van der Waals surface area contributed by atoms with Crippen LogP contribution in [0.4, 0.5) is 0 Å². The summed E-state index contributed by atoms with van der Waals surface area (Å²) in [7, 11) is 0. The Morgan fingerprint density at radius 3 is 2.59 bits per heavy atom. The third-order valence-electron chi connectivity index (χ3n) is 6.19. The molecule has 2 aromatic rings. The largest absolute Gasteiger partial charge is 0.504 e. The van der Waals surface area contributed by atoms with Crippen molar-refractivity contribution in [1.82, 2.24) is 4.57 Å². The summed E-state index contributed by atoms with van der Waals surface area (Å²) in [5.41, 5.74) is 1.83. The van der Waals surface area contributed by atoms with Crippen molar-refractivity contribution in [3.8, 4) is 22.8 Å². The monoisotopic (exact) mass is 470 g/mol. The van der Waals surface area contributed by atoms with Crippen LogP contribution in [0.5, 0.6) is 11.5 Å². The molecule has 1 atom stereocenters. The lowest BCUT2D eigenvalue weighted by Gasteiger charge is -2.39. The zero-order chi connectivity index (χ0) is 24.9. The van der Waals surface area contributed by atoms with Crippen molar-refractivity contribution in [3.05, 3.63) is 50.7 Å². The van der Waals surface area contributed by atoms with Gasteiger partial charge in [0, 0.05) is 23.9 Å². The number of phenolic OH excluding ortho intramolecular Hbond substituents is 1. The maximum absolute atomic E-state index is 12.8. The van der Waals surface area contributed by atoms with Gasteiger partial charge < -0.3 is 19.1 Å². The lowest BCUT2D eigenvalue weighted by molar-refractivity contribution is 0.0523. The molecule has 0 fully saturated rings. The molecule has 1 unspecified atom stereocenters. The summed E-state index contributed by atoms with van der Waals surface area (Å²) in [5.74, 6) is -0.207. The predicted molar refractivity (Wildman–Crippen MR) is 131 cm³/mol. The molecule has 1 aromatic carbocycles. The molecule has 8 heteroatoms. The second kappa shape index (κ2) is 10.8. The minimum absolute atomic E-state index is 0.00609. The van der Waals surface area contributed by atoms with Gasteiger partial charge in [0.15, 0.2) is 16.9 Å². The smallest absolute Gasteiger partial charge is 0.343 e. The minimum atomic E-state index is -0.629. The topological polar surface area (TPSA) is 107 Å². The highest BCUT2D eigenvalue weighted by atomic mass is 16.5. The molecule has 3 rings (SSSR count). The maximum atomic E-state index is 12.8. The molecule has 1 N–H and O–H groups in total. The number of pyridine rings is 1. The van der Waals surface area contributed by atoms with Crippen molar-refractivity contribution in [2.24, 2.45) is 10.6 Å². The number of nitrogens with zero attached hydrogens (tertiary/aromatic N) is 2. The Kier molecular flexibility index (Phi) is 8.12. The Labute approximate surface area is 199 Å². The van der Waals surface area contributed by atoms with E-state index in [9.17, 15) is 19.6 Å². The lowest BCUT2D eigenvalue weighted by atomic mass is 9.78. The van der Waals surface area contributed by atoms with Gasteiger partial charge in [0.1, 0.15) is 5.56 Å². The summed E-state index contributed by atoms with van der Waals surface area (Å²) in [6.07, 6.45) is 5.68. The van der Waals surface area contributed by atoms with E-state index in [0.717, 1.165) is 36.8 Å². The van der Waals surface area contributed by atoms with E-state index < -0.39 is 11.4 Å². The van der Waals surface area contributed by atoms with E-state index in [0.29, 0.717) is 31.0 Å². The average molecular weight is 471 g/mol. The molecule has 0 saturated carbocycles. The molecule has 0 radical (unpaired) electrons. The van der Waals surface area contributed by atoms with Gasteiger partial charge in [-0.1, -0.05) is 32.4 Å². The van der Waals surface area contributed by atoms with E-state index in [2.05, 4.69) is 25.9 Å². The van der Waals surface area contributed by atoms with Crippen LogP contribution in [0.15, 0.2) is 34.4 Å². The highest BCUT2D eigenvalue weighted by molar-refractivity contribution is 5.89. The number of hydrogen-bond acceptors (Lipinski definition) is 7. The third-order valence-corrected chi connectivity index (χ3v) is 6.19. The van der Waals surface area contributed by atoms with Crippen LogP contribution >= 0.6 is 0 Å². The standard InChI is InChI=1S/C26H34N2O6/c1-5-33-25(31)19-16-28-20(15-21(19)29)18-14-22(30)23(34-11-9-7-6-8-10-27-32)12-17(18)13-24(28)26(2,3)4/h12,14-16,24,30H,5-11,13H2,1-4H3. The fraction of sp³-hybridized carbons (Fsp3) is 0.538. The summed E-state index contributed by atoms with van der Waals surface area (Å²) >= 11 is 0. The Morgan fingerprint density at radius 1 is 1.18 bits per heavy atom. The van der Waals surface area contributed by atoms with Crippen LogP contribution in [0.25, 0.3) is 11.3 Å². The molecule has 1 aliphatic rings. The van der Waals surface area contributed by atoms with Crippen LogP contribution < -0.4 is 10.2 Å². The van der Waals surface area contributed by atoms with Crippen molar-refractivity contribution < 1.29 is 19.4 Å². The maximum Gasteiger partial charge on any atom is 0.343 e. The zero-order valence-electron chi connectivity index (χ0n) is 20.4. The molecule has 184 valence electrons. The fourth-order valence-electron chi connectivity index (χ4n) is 4.36. The number of rotatable bonds is 10. The summed E-state index contributed by atoms with van der Waals surface area (Å²) in [4.78, 5) is 35.3. The molecule has 0 bridgehead atoms. The predicted octanol–water partition coefficient (Wildman–Crippen LogP) is 5.25. The first-order valence-corrected chi connectivity index (χ1v) is 11.9. The second-order valence-electron chi connectivity index (χ2n) is 9.74. The van der Waals surface area contributed by atoms with Crippen molar-refractivity contribution in [2.45, 2.75) is 65.8 Å². The summed E-state index contributed by atoms with van der Waals surface area (Å²) in [6.45, 7) is 9.05. The van der Waals surface area contributed by atoms with Crippen molar-refractivity contribution >= 4 is 5.97 Å². The van der Waals surface area contributed by atoms with Crippen LogP contribution in [0.3, 0.4) is 0 Å². The number of aromatic hydroxyl groups is 1. The number of benzene rings is 1. The number of nitroso groups, excluding NO2 is 1. The van der Waals surface area contributed by atoms with Crippen molar-refractivity contribution in [1.29, 1.82) is 0 Å². The lowest BCUT2D eigenvalue weighted by Crippen LogP contribution is -2.33. The van der Waals surface area contributed by atoms with Gasteiger partial charge in [0.05, 0.1) is 25.5 Å². The summed E-state index contributed by atoms with van der Waals surface area (Å²) < 4.78 is 12.9. The molecular weight excluding hydrogens is 436 g/mol. The highest BCUT2D eigenvalue weighted by Crippen LogP contribution is 2.45. The van der Waals surface area contributed by atoms with Crippen LogP contribution in [0.1, 0.15) is 75.3 Å². The zero-order valence-corrected chi connectivity index (χ0v) is 20.4. The van der Waals surface area contributed by atoms with Gasteiger partial charge in [-0.3, -0.25) is 4.79 Å². The Balaban J connectivity index is 1.92. The quantitative estimate of drug-likeness (QED) is 0.289. The van der Waals surface area contributed by atoms with Gasteiger partial charge in [-0.15, -0.1) is 0 Å². The number of esters is 1. The first kappa shape index (κ1) is 25.5.